The molecule has 1 aliphatic rings. The van der Waals surface area contributed by atoms with Gasteiger partial charge in [0.1, 0.15) is 0 Å². The molecule has 84 valence electrons. The molecule has 2 atom stereocenters. The van der Waals surface area contributed by atoms with Gasteiger partial charge in [0.15, 0.2) is 0 Å². The van der Waals surface area contributed by atoms with Crippen LogP contribution in [0.2, 0.25) is 0 Å². The highest BCUT2D eigenvalue weighted by atomic mass is 16.5. The van der Waals surface area contributed by atoms with Crippen molar-refractivity contribution in [2.24, 2.45) is 5.73 Å². The Morgan fingerprint density at radius 3 is 3.00 bits per heavy atom. The zero-order valence-electron chi connectivity index (χ0n) is 9.30. The van der Waals surface area contributed by atoms with Gasteiger partial charge >= 0.3 is 0 Å². The fourth-order valence-corrected chi connectivity index (χ4v) is 1.78. The Labute approximate surface area is 87.4 Å². The molecule has 1 aliphatic heterocycles. The van der Waals surface area contributed by atoms with Crippen molar-refractivity contribution in [1.82, 2.24) is 5.32 Å². The Balaban J connectivity index is 1.87. The molecule has 0 aromatic rings. The van der Waals surface area contributed by atoms with E-state index in [2.05, 4.69) is 12.2 Å². The maximum atomic E-state index is 5.66. The number of ether oxygens (including phenoxy) is 1. The van der Waals surface area contributed by atoms with Crippen LogP contribution in [0.25, 0.3) is 0 Å². The summed E-state index contributed by atoms with van der Waals surface area (Å²) in [5.41, 5.74) is 5.66. The normalized spacial score (nSPS) is 24.9. The van der Waals surface area contributed by atoms with Gasteiger partial charge < -0.3 is 15.8 Å². The van der Waals surface area contributed by atoms with Crippen LogP contribution < -0.4 is 11.1 Å². The van der Waals surface area contributed by atoms with E-state index in [9.17, 15) is 0 Å². The van der Waals surface area contributed by atoms with Gasteiger partial charge in [-0.25, -0.2) is 0 Å². The molecule has 0 radical (unpaired) electrons. The van der Waals surface area contributed by atoms with Gasteiger partial charge in [-0.05, 0) is 45.6 Å². The molecule has 0 amide bonds. The monoisotopic (exact) mass is 200 g/mol. The molecule has 14 heavy (non-hydrogen) atoms. The van der Waals surface area contributed by atoms with Crippen molar-refractivity contribution in [3.8, 4) is 0 Å². The molecule has 0 aromatic carbocycles. The Hall–Kier alpha value is -0.120. The number of nitrogens with one attached hydrogen (secondary N) is 1. The van der Waals surface area contributed by atoms with E-state index in [1.807, 2.05) is 0 Å². The van der Waals surface area contributed by atoms with Crippen LogP contribution in [-0.2, 0) is 4.74 Å². The molecule has 3 N–H and O–H groups in total. The molecule has 1 rings (SSSR count). The number of hydrogen-bond acceptors (Lipinski definition) is 3. The van der Waals surface area contributed by atoms with Crippen LogP contribution in [0.1, 0.15) is 39.0 Å². The first kappa shape index (κ1) is 12.0. The predicted octanol–water partition coefficient (Wildman–Crippen LogP) is 1.27. The summed E-state index contributed by atoms with van der Waals surface area (Å²) < 4.78 is 5.62. The summed E-state index contributed by atoms with van der Waals surface area (Å²) >= 11 is 0. The highest BCUT2D eigenvalue weighted by Gasteiger charge is 2.12. The quantitative estimate of drug-likeness (QED) is 0.635. The molecule has 0 aromatic heterocycles. The molecule has 1 heterocycles. The van der Waals surface area contributed by atoms with Gasteiger partial charge in [-0.15, -0.1) is 0 Å². The minimum absolute atomic E-state index is 0.336. The standard InChI is InChI=1S/C11H24N2O/c1-10(12)5-4-7-13-9-11-6-2-3-8-14-11/h10-11,13H,2-9,12H2,1H3. The van der Waals surface area contributed by atoms with Crippen LogP contribution in [0.15, 0.2) is 0 Å². The topological polar surface area (TPSA) is 47.3 Å². The predicted molar refractivity (Wildman–Crippen MR) is 59.3 cm³/mol. The number of nitrogens with two attached hydrogens (primary N) is 1. The Kier molecular flexibility index (Phi) is 6.15. The average molecular weight is 200 g/mol. The lowest BCUT2D eigenvalue weighted by Gasteiger charge is -2.22. The summed E-state index contributed by atoms with van der Waals surface area (Å²) in [6.07, 6.45) is 6.52. The average Bonchev–Trinajstić information content (AvgIpc) is 2.18. The first-order valence-electron chi connectivity index (χ1n) is 5.87. The van der Waals surface area contributed by atoms with E-state index in [1.54, 1.807) is 0 Å². The molecule has 3 heteroatoms. The molecule has 0 aliphatic carbocycles. The maximum absolute atomic E-state index is 5.66. The second-order valence-corrected chi connectivity index (χ2v) is 4.31. The smallest absolute Gasteiger partial charge is 0.0699 e. The maximum Gasteiger partial charge on any atom is 0.0699 e. The summed E-state index contributed by atoms with van der Waals surface area (Å²) in [4.78, 5) is 0. The Morgan fingerprint density at radius 1 is 1.50 bits per heavy atom. The third kappa shape index (κ3) is 5.58. The Morgan fingerprint density at radius 2 is 2.36 bits per heavy atom. The van der Waals surface area contributed by atoms with E-state index in [0.29, 0.717) is 12.1 Å². The van der Waals surface area contributed by atoms with E-state index >= 15 is 0 Å². The van der Waals surface area contributed by atoms with Crippen LogP contribution in [0.5, 0.6) is 0 Å². The third-order valence-corrected chi connectivity index (χ3v) is 2.66. The van der Waals surface area contributed by atoms with Crippen molar-refractivity contribution < 1.29 is 4.74 Å². The molecular weight excluding hydrogens is 176 g/mol. The van der Waals surface area contributed by atoms with Gasteiger partial charge in [0, 0.05) is 19.2 Å². The third-order valence-electron chi connectivity index (χ3n) is 2.66. The van der Waals surface area contributed by atoms with Crippen LogP contribution >= 0.6 is 0 Å². The lowest BCUT2D eigenvalue weighted by Crippen LogP contribution is -2.32. The van der Waals surface area contributed by atoms with Gasteiger partial charge in [0.05, 0.1) is 6.10 Å². The van der Waals surface area contributed by atoms with Crippen molar-refractivity contribution in [2.75, 3.05) is 19.7 Å². The van der Waals surface area contributed by atoms with Gasteiger partial charge in [-0.3, -0.25) is 0 Å². The molecule has 1 fully saturated rings. The SMILES string of the molecule is CC(N)CCCNCC1CCCCO1. The van der Waals surface area contributed by atoms with Crippen LogP contribution in [-0.4, -0.2) is 31.8 Å². The van der Waals surface area contributed by atoms with Gasteiger partial charge in [0.25, 0.3) is 0 Å². The summed E-state index contributed by atoms with van der Waals surface area (Å²) in [6.45, 7) is 5.09. The molecule has 0 spiro atoms. The summed E-state index contributed by atoms with van der Waals surface area (Å²) in [6, 6.07) is 0.336. The molecule has 1 saturated heterocycles. The van der Waals surface area contributed by atoms with E-state index in [4.69, 9.17) is 10.5 Å². The van der Waals surface area contributed by atoms with Crippen LogP contribution in [0.3, 0.4) is 0 Å². The second kappa shape index (κ2) is 7.21. The summed E-state index contributed by atoms with van der Waals surface area (Å²) in [5, 5.41) is 3.43. The van der Waals surface area contributed by atoms with Gasteiger partial charge in [-0.2, -0.15) is 0 Å². The van der Waals surface area contributed by atoms with Crippen molar-refractivity contribution in [1.29, 1.82) is 0 Å². The fourth-order valence-electron chi connectivity index (χ4n) is 1.78. The van der Waals surface area contributed by atoms with Gasteiger partial charge in [-0.1, -0.05) is 0 Å². The first-order chi connectivity index (χ1) is 6.79. The van der Waals surface area contributed by atoms with Crippen LogP contribution in [0.4, 0.5) is 0 Å². The fraction of sp³-hybridized carbons (Fsp3) is 1.00. The van der Waals surface area contributed by atoms with Crippen molar-refractivity contribution in [3.05, 3.63) is 0 Å². The minimum Gasteiger partial charge on any atom is -0.377 e. The van der Waals surface area contributed by atoms with Crippen LogP contribution in [0, 0.1) is 0 Å². The lowest BCUT2D eigenvalue weighted by molar-refractivity contribution is 0.0170. The second-order valence-electron chi connectivity index (χ2n) is 4.31. The van der Waals surface area contributed by atoms with Gasteiger partial charge in [0.2, 0.25) is 0 Å². The van der Waals surface area contributed by atoms with E-state index in [-0.39, 0.29) is 0 Å². The zero-order chi connectivity index (χ0) is 10.2. The molecular formula is C11H24N2O. The molecule has 2 unspecified atom stereocenters. The number of hydrogen-bond donors (Lipinski definition) is 2. The zero-order valence-corrected chi connectivity index (χ0v) is 9.30. The van der Waals surface area contributed by atoms with Crippen molar-refractivity contribution >= 4 is 0 Å². The first-order valence-corrected chi connectivity index (χ1v) is 5.87. The minimum atomic E-state index is 0.336. The van der Waals surface area contributed by atoms with E-state index < -0.39 is 0 Å². The van der Waals surface area contributed by atoms with Crippen molar-refractivity contribution in [2.45, 2.75) is 51.2 Å². The van der Waals surface area contributed by atoms with E-state index in [1.165, 1.54) is 25.7 Å². The molecule has 0 saturated carbocycles. The summed E-state index contributed by atoms with van der Waals surface area (Å²) in [7, 11) is 0. The van der Waals surface area contributed by atoms with Crippen molar-refractivity contribution in [3.63, 3.8) is 0 Å². The Bertz CT molecular complexity index is 133. The van der Waals surface area contributed by atoms with E-state index in [0.717, 1.165) is 26.1 Å². The highest BCUT2D eigenvalue weighted by Crippen LogP contribution is 2.11. The lowest BCUT2D eigenvalue weighted by atomic mass is 10.1. The molecule has 3 nitrogen and oxygen atoms in total. The number of rotatable bonds is 6. The summed E-state index contributed by atoms with van der Waals surface area (Å²) in [5.74, 6) is 0. The highest BCUT2D eigenvalue weighted by molar-refractivity contribution is 4.66. The largest absolute Gasteiger partial charge is 0.377 e. The molecule has 0 bridgehead atoms.